The molecule has 0 atom stereocenters. The zero-order valence-electron chi connectivity index (χ0n) is 9.11. The predicted octanol–water partition coefficient (Wildman–Crippen LogP) is 3.08. The topological polar surface area (TPSA) is 4.93 Å². The highest BCUT2D eigenvalue weighted by atomic mass is 31.1. The van der Waals surface area contributed by atoms with E-state index in [0.29, 0.717) is 0 Å². The predicted molar refractivity (Wildman–Crippen MR) is 68.4 cm³/mol. The summed E-state index contributed by atoms with van der Waals surface area (Å²) in [6.45, 7) is 0. The van der Waals surface area contributed by atoms with Gasteiger partial charge in [0.2, 0.25) is 0 Å². The van der Waals surface area contributed by atoms with Gasteiger partial charge in [0.25, 0.3) is 0 Å². The van der Waals surface area contributed by atoms with Gasteiger partial charge < -0.3 is 4.57 Å². The number of hydrogen-bond acceptors (Lipinski definition) is 0. The van der Waals surface area contributed by atoms with Crippen LogP contribution in [0.25, 0.3) is 10.9 Å². The van der Waals surface area contributed by atoms with Crippen LogP contribution in [0, 0.1) is 0 Å². The molecule has 2 aromatic rings. The SMILES string of the molecule is Cn1cc(P2CCCC2)c2ccccc21. The lowest BCUT2D eigenvalue weighted by atomic mass is 10.2. The highest BCUT2D eigenvalue weighted by Crippen LogP contribution is 2.44. The summed E-state index contributed by atoms with van der Waals surface area (Å²) < 4.78 is 2.28. The molecule has 1 nitrogen and oxygen atoms in total. The van der Waals surface area contributed by atoms with Gasteiger partial charge >= 0.3 is 0 Å². The van der Waals surface area contributed by atoms with Crippen molar-refractivity contribution < 1.29 is 0 Å². The number of hydrogen-bond donors (Lipinski definition) is 0. The molecule has 3 rings (SSSR count). The Morgan fingerprint density at radius 1 is 1.13 bits per heavy atom. The molecular weight excluding hydrogens is 201 g/mol. The maximum absolute atomic E-state index is 2.36. The number of para-hydroxylation sites is 1. The van der Waals surface area contributed by atoms with Gasteiger partial charge in [-0.05, 0) is 31.2 Å². The lowest BCUT2D eigenvalue weighted by Crippen LogP contribution is -1.99. The first kappa shape index (κ1) is 9.42. The number of nitrogens with zero attached hydrogens (tertiary/aromatic N) is 1. The van der Waals surface area contributed by atoms with E-state index in [4.69, 9.17) is 0 Å². The minimum Gasteiger partial charge on any atom is -0.350 e. The molecule has 1 aliphatic heterocycles. The molecule has 0 saturated carbocycles. The molecule has 1 fully saturated rings. The van der Waals surface area contributed by atoms with Gasteiger partial charge in [-0.25, -0.2) is 0 Å². The van der Waals surface area contributed by atoms with Crippen molar-refractivity contribution in [2.24, 2.45) is 7.05 Å². The van der Waals surface area contributed by atoms with E-state index < -0.39 is 0 Å². The fourth-order valence-electron chi connectivity index (χ4n) is 2.53. The van der Waals surface area contributed by atoms with Crippen LogP contribution in [0.15, 0.2) is 30.5 Å². The minimum absolute atomic E-state index is 0.160. The summed E-state index contributed by atoms with van der Waals surface area (Å²) in [5, 5.41) is 3.13. The summed E-state index contributed by atoms with van der Waals surface area (Å²) in [5.41, 5.74) is 1.39. The molecule has 0 unspecified atom stereocenters. The molecule has 1 aromatic heterocycles. The quantitative estimate of drug-likeness (QED) is 0.647. The number of fused-ring (bicyclic) bond motifs is 1. The lowest BCUT2D eigenvalue weighted by Gasteiger charge is -2.07. The highest BCUT2D eigenvalue weighted by Gasteiger charge is 2.19. The van der Waals surface area contributed by atoms with E-state index in [1.165, 1.54) is 36.1 Å². The van der Waals surface area contributed by atoms with Gasteiger partial charge in [0.15, 0.2) is 0 Å². The van der Waals surface area contributed by atoms with Crippen molar-refractivity contribution in [3.05, 3.63) is 30.5 Å². The first-order chi connectivity index (χ1) is 7.36. The number of benzene rings is 1. The molecule has 0 amide bonds. The van der Waals surface area contributed by atoms with Gasteiger partial charge in [-0.1, -0.05) is 26.1 Å². The Kier molecular flexibility index (Phi) is 2.29. The van der Waals surface area contributed by atoms with Gasteiger partial charge in [0.05, 0.1) is 0 Å². The van der Waals surface area contributed by atoms with Crippen LogP contribution in [-0.4, -0.2) is 16.9 Å². The average molecular weight is 217 g/mol. The Bertz CT molecular complexity index is 480. The van der Waals surface area contributed by atoms with Crippen molar-refractivity contribution in [1.29, 1.82) is 0 Å². The minimum atomic E-state index is 0.160. The molecule has 1 aliphatic rings. The first-order valence-electron chi connectivity index (χ1n) is 5.65. The van der Waals surface area contributed by atoms with Gasteiger partial charge in [0.1, 0.15) is 0 Å². The van der Waals surface area contributed by atoms with E-state index in [9.17, 15) is 0 Å². The van der Waals surface area contributed by atoms with Gasteiger partial charge in [-0.3, -0.25) is 0 Å². The zero-order chi connectivity index (χ0) is 10.3. The van der Waals surface area contributed by atoms with Crippen LogP contribution >= 0.6 is 7.92 Å². The molecule has 0 radical (unpaired) electrons. The molecule has 0 spiro atoms. The van der Waals surface area contributed by atoms with Crippen molar-refractivity contribution in [3.8, 4) is 0 Å². The second-order valence-corrected chi connectivity index (χ2v) is 6.79. The first-order valence-corrected chi connectivity index (χ1v) is 7.36. The van der Waals surface area contributed by atoms with Crippen LogP contribution < -0.4 is 5.30 Å². The molecule has 1 saturated heterocycles. The third-order valence-electron chi connectivity index (χ3n) is 3.32. The van der Waals surface area contributed by atoms with Crippen molar-refractivity contribution in [2.75, 3.05) is 12.3 Å². The fourth-order valence-corrected chi connectivity index (χ4v) is 5.31. The average Bonchev–Trinajstić information content (AvgIpc) is 2.87. The Labute approximate surface area is 91.9 Å². The molecule has 2 heterocycles. The van der Waals surface area contributed by atoms with Crippen molar-refractivity contribution in [1.82, 2.24) is 4.57 Å². The molecule has 1 aromatic carbocycles. The molecule has 78 valence electrons. The van der Waals surface area contributed by atoms with Crippen LogP contribution in [0.5, 0.6) is 0 Å². The number of rotatable bonds is 1. The third-order valence-corrected chi connectivity index (χ3v) is 6.07. The van der Waals surface area contributed by atoms with Crippen molar-refractivity contribution in [3.63, 3.8) is 0 Å². The summed E-state index contributed by atoms with van der Waals surface area (Å²) in [4.78, 5) is 0. The monoisotopic (exact) mass is 217 g/mol. The van der Waals surface area contributed by atoms with E-state index in [1.807, 2.05) is 0 Å². The molecule has 2 heteroatoms. The highest BCUT2D eigenvalue weighted by molar-refractivity contribution is 7.66. The smallest absolute Gasteiger partial charge is 0.0484 e. The third kappa shape index (κ3) is 1.50. The zero-order valence-corrected chi connectivity index (χ0v) is 10.0. The maximum atomic E-state index is 2.36. The van der Waals surface area contributed by atoms with Crippen LogP contribution in [0.2, 0.25) is 0 Å². The van der Waals surface area contributed by atoms with Crippen LogP contribution in [0.3, 0.4) is 0 Å². The van der Waals surface area contributed by atoms with E-state index >= 15 is 0 Å². The van der Waals surface area contributed by atoms with E-state index in [1.54, 1.807) is 5.30 Å². The molecule has 0 N–H and O–H groups in total. The Morgan fingerprint density at radius 2 is 1.87 bits per heavy atom. The van der Waals surface area contributed by atoms with Crippen LogP contribution in [0.1, 0.15) is 12.8 Å². The summed E-state index contributed by atoms with van der Waals surface area (Å²) in [7, 11) is 2.32. The Morgan fingerprint density at radius 3 is 2.67 bits per heavy atom. The molecule has 15 heavy (non-hydrogen) atoms. The fraction of sp³-hybridized carbons (Fsp3) is 0.385. The van der Waals surface area contributed by atoms with E-state index in [-0.39, 0.29) is 7.92 Å². The molecular formula is C13H16NP. The van der Waals surface area contributed by atoms with Gasteiger partial charge in [0, 0.05) is 29.5 Å². The largest absolute Gasteiger partial charge is 0.350 e. The summed E-state index contributed by atoms with van der Waals surface area (Å²) in [6, 6.07) is 8.81. The second-order valence-electron chi connectivity index (χ2n) is 4.34. The second kappa shape index (κ2) is 3.64. The van der Waals surface area contributed by atoms with E-state index in [0.717, 1.165) is 0 Å². The standard InChI is InChI=1S/C13H16NP/c1-14-10-13(15-8-4-5-9-15)11-6-2-3-7-12(11)14/h2-3,6-7,10H,4-5,8-9H2,1H3. The number of aryl methyl sites for hydroxylation is 1. The van der Waals surface area contributed by atoms with Gasteiger partial charge in [-0.15, -0.1) is 0 Å². The summed E-state index contributed by atoms with van der Waals surface area (Å²) in [6.07, 6.45) is 8.14. The summed E-state index contributed by atoms with van der Waals surface area (Å²) >= 11 is 0. The van der Waals surface area contributed by atoms with Crippen molar-refractivity contribution >= 4 is 24.1 Å². The Hall–Kier alpha value is -0.810. The Balaban J connectivity index is 2.17. The van der Waals surface area contributed by atoms with Crippen LogP contribution in [-0.2, 0) is 7.05 Å². The molecule has 0 bridgehead atoms. The number of aromatic nitrogens is 1. The molecule has 0 aliphatic carbocycles. The van der Waals surface area contributed by atoms with Crippen molar-refractivity contribution in [2.45, 2.75) is 12.8 Å². The van der Waals surface area contributed by atoms with E-state index in [2.05, 4.69) is 42.1 Å². The maximum Gasteiger partial charge on any atom is 0.0484 e. The normalized spacial score (nSPS) is 17.7. The van der Waals surface area contributed by atoms with Crippen LogP contribution in [0.4, 0.5) is 0 Å². The summed E-state index contributed by atoms with van der Waals surface area (Å²) in [5.74, 6) is 0. The van der Waals surface area contributed by atoms with Gasteiger partial charge in [-0.2, -0.15) is 0 Å². The lowest BCUT2D eigenvalue weighted by molar-refractivity contribution is 0.949.